The summed E-state index contributed by atoms with van der Waals surface area (Å²) in [6.07, 6.45) is 2.04. The van der Waals surface area contributed by atoms with Crippen molar-refractivity contribution in [3.05, 3.63) is 59.7 Å². The topological polar surface area (TPSA) is 64.7 Å². The van der Waals surface area contributed by atoms with Crippen LogP contribution in [0, 0.1) is 6.92 Å². The van der Waals surface area contributed by atoms with Crippen molar-refractivity contribution in [3.63, 3.8) is 0 Å². The molecule has 1 fully saturated rings. The highest BCUT2D eigenvalue weighted by atomic mass is 32.2. The Kier molecular flexibility index (Phi) is 8.64. The molecule has 6 nitrogen and oxygen atoms in total. The lowest BCUT2D eigenvalue weighted by atomic mass is 10.0. The molecule has 0 aromatic heterocycles. The van der Waals surface area contributed by atoms with Crippen LogP contribution in [0.1, 0.15) is 37.8 Å². The first-order valence-corrected chi connectivity index (χ1v) is 13.1. The number of rotatable bonds is 8. The molecule has 2 aromatic rings. The van der Waals surface area contributed by atoms with E-state index in [9.17, 15) is 8.42 Å². The van der Waals surface area contributed by atoms with Gasteiger partial charge in [0.1, 0.15) is 0 Å². The zero-order chi connectivity index (χ0) is 23.1. The molecule has 174 valence electrons. The van der Waals surface area contributed by atoms with Crippen LogP contribution in [0.15, 0.2) is 53.4 Å². The molecular weight excluding hydrogens is 440 g/mol. The van der Waals surface area contributed by atoms with Gasteiger partial charge in [-0.15, -0.1) is 0 Å². The van der Waals surface area contributed by atoms with E-state index in [1.807, 2.05) is 32.9 Å². The van der Waals surface area contributed by atoms with Crippen LogP contribution in [0.5, 0.6) is 0 Å². The Morgan fingerprint density at radius 1 is 1.09 bits per heavy atom. The van der Waals surface area contributed by atoms with Crippen LogP contribution < -0.4 is 10.6 Å². The van der Waals surface area contributed by atoms with Gasteiger partial charge >= 0.3 is 0 Å². The maximum Gasteiger partial charge on any atom is 0.243 e. The molecule has 0 aliphatic carbocycles. The van der Waals surface area contributed by atoms with Gasteiger partial charge in [-0.2, -0.15) is 4.31 Å². The van der Waals surface area contributed by atoms with Crippen molar-refractivity contribution in [3.8, 4) is 0 Å². The second-order valence-corrected chi connectivity index (χ2v) is 10.5. The average molecular weight is 475 g/mol. The standard InChI is InChI=1S/C24H34N4O2S2/c1-4-28(5-2)32(29,30)22-12-11-19(3)23(17-22)26-24(31)25-21-13-15-27(16-14-21)18-20-9-7-6-8-10-20/h6-12,17,21H,4-5,13-16,18H2,1-3H3,(H2,25,26,31). The first-order chi connectivity index (χ1) is 15.3. The van der Waals surface area contributed by atoms with Gasteiger partial charge in [-0.25, -0.2) is 8.42 Å². The molecule has 32 heavy (non-hydrogen) atoms. The molecule has 0 bridgehead atoms. The van der Waals surface area contributed by atoms with Crippen LogP contribution in [0.3, 0.4) is 0 Å². The number of thiocarbonyl (C=S) groups is 1. The summed E-state index contributed by atoms with van der Waals surface area (Å²) in [6, 6.07) is 16.0. The molecule has 0 spiro atoms. The molecule has 1 saturated heterocycles. The van der Waals surface area contributed by atoms with E-state index in [2.05, 4.69) is 39.8 Å². The molecule has 3 rings (SSSR count). The Labute approximate surface area is 198 Å². The van der Waals surface area contributed by atoms with E-state index in [-0.39, 0.29) is 4.90 Å². The molecule has 1 aliphatic heterocycles. The lowest BCUT2D eigenvalue weighted by Gasteiger charge is -2.33. The summed E-state index contributed by atoms with van der Waals surface area (Å²) < 4.78 is 27.2. The monoisotopic (exact) mass is 474 g/mol. The molecule has 0 amide bonds. The average Bonchev–Trinajstić information content (AvgIpc) is 2.78. The number of likely N-dealkylation sites (tertiary alicyclic amines) is 1. The normalized spacial score (nSPS) is 15.6. The van der Waals surface area contributed by atoms with Gasteiger partial charge in [-0.05, 0) is 55.2 Å². The number of nitrogens with one attached hydrogen (secondary N) is 2. The summed E-state index contributed by atoms with van der Waals surface area (Å²) in [5, 5.41) is 7.17. The predicted octanol–water partition coefficient (Wildman–Crippen LogP) is 3.98. The molecular formula is C24H34N4O2S2. The third-order valence-electron chi connectivity index (χ3n) is 5.97. The van der Waals surface area contributed by atoms with E-state index >= 15 is 0 Å². The van der Waals surface area contributed by atoms with Gasteiger partial charge in [0.25, 0.3) is 0 Å². The molecule has 8 heteroatoms. The summed E-state index contributed by atoms with van der Waals surface area (Å²) in [4.78, 5) is 2.75. The summed E-state index contributed by atoms with van der Waals surface area (Å²) in [7, 11) is -3.51. The first-order valence-electron chi connectivity index (χ1n) is 11.3. The van der Waals surface area contributed by atoms with Crippen molar-refractivity contribution < 1.29 is 8.42 Å². The molecule has 0 unspecified atom stereocenters. The third kappa shape index (κ3) is 6.28. The van der Waals surface area contributed by atoms with Crippen LogP contribution in [0.25, 0.3) is 0 Å². The maximum absolute atomic E-state index is 12.9. The summed E-state index contributed by atoms with van der Waals surface area (Å²) in [5.41, 5.74) is 3.01. The number of anilines is 1. The number of aryl methyl sites for hydroxylation is 1. The second-order valence-electron chi connectivity index (χ2n) is 8.20. The summed E-state index contributed by atoms with van der Waals surface area (Å²) in [5.74, 6) is 0. The second kappa shape index (κ2) is 11.2. The largest absolute Gasteiger partial charge is 0.360 e. The minimum Gasteiger partial charge on any atom is -0.360 e. The molecule has 1 heterocycles. The van der Waals surface area contributed by atoms with Crippen LogP contribution in [0.4, 0.5) is 5.69 Å². The van der Waals surface area contributed by atoms with Crippen molar-refractivity contribution in [2.45, 2.75) is 51.1 Å². The molecule has 2 aromatic carbocycles. The van der Waals surface area contributed by atoms with Crippen LogP contribution in [-0.2, 0) is 16.6 Å². The Hall–Kier alpha value is -2.00. The minimum atomic E-state index is -3.51. The van der Waals surface area contributed by atoms with Gasteiger partial charge in [-0.1, -0.05) is 50.2 Å². The van der Waals surface area contributed by atoms with Crippen molar-refractivity contribution in [1.82, 2.24) is 14.5 Å². The van der Waals surface area contributed by atoms with Gasteiger partial charge in [0.05, 0.1) is 4.90 Å². The Balaban J connectivity index is 1.56. The van der Waals surface area contributed by atoms with Crippen LogP contribution in [0.2, 0.25) is 0 Å². The number of hydrogen-bond donors (Lipinski definition) is 2. The number of nitrogens with zero attached hydrogens (tertiary/aromatic N) is 2. The molecule has 2 N–H and O–H groups in total. The Morgan fingerprint density at radius 3 is 2.38 bits per heavy atom. The Bertz CT molecular complexity index is 1000. The smallest absolute Gasteiger partial charge is 0.243 e. The molecule has 1 aliphatic rings. The molecule has 0 atom stereocenters. The van der Waals surface area contributed by atoms with Crippen molar-refractivity contribution >= 4 is 33.0 Å². The van der Waals surface area contributed by atoms with E-state index in [0.717, 1.165) is 43.7 Å². The fourth-order valence-corrected chi connectivity index (χ4v) is 5.79. The van der Waals surface area contributed by atoms with Gasteiger partial charge in [0, 0.05) is 44.5 Å². The SMILES string of the molecule is CCN(CC)S(=O)(=O)c1ccc(C)c(NC(=S)NC2CCN(Cc3ccccc3)CC2)c1. The lowest BCUT2D eigenvalue weighted by Crippen LogP contribution is -2.45. The molecule has 0 saturated carbocycles. The summed E-state index contributed by atoms with van der Waals surface area (Å²) >= 11 is 5.55. The highest BCUT2D eigenvalue weighted by Gasteiger charge is 2.23. The fourth-order valence-electron chi connectivity index (χ4n) is 4.03. The van der Waals surface area contributed by atoms with Gasteiger partial charge in [-0.3, -0.25) is 4.90 Å². The lowest BCUT2D eigenvalue weighted by molar-refractivity contribution is 0.199. The number of piperidine rings is 1. The zero-order valence-corrected chi connectivity index (χ0v) is 20.8. The van der Waals surface area contributed by atoms with Crippen LogP contribution >= 0.6 is 12.2 Å². The van der Waals surface area contributed by atoms with E-state index in [1.165, 1.54) is 9.87 Å². The maximum atomic E-state index is 12.9. The number of hydrogen-bond acceptors (Lipinski definition) is 4. The predicted molar refractivity (Wildman–Crippen MR) is 135 cm³/mol. The Morgan fingerprint density at radius 2 is 1.75 bits per heavy atom. The number of benzene rings is 2. The first kappa shape index (κ1) is 24.6. The summed E-state index contributed by atoms with van der Waals surface area (Å²) in [6.45, 7) is 9.54. The quantitative estimate of drug-likeness (QED) is 0.565. The number of sulfonamides is 1. The highest BCUT2D eigenvalue weighted by molar-refractivity contribution is 7.89. The van der Waals surface area contributed by atoms with Crippen LogP contribution in [-0.4, -0.2) is 55.0 Å². The van der Waals surface area contributed by atoms with Gasteiger partial charge in [0.2, 0.25) is 10.0 Å². The van der Waals surface area contributed by atoms with E-state index in [1.54, 1.807) is 12.1 Å². The highest BCUT2D eigenvalue weighted by Crippen LogP contribution is 2.23. The molecule has 0 radical (unpaired) electrons. The van der Waals surface area contributed by atoms with E-state index in [4.69, 9.17) is 12.2 Å². The van der Waals surface area contributed by atoms with Crippen molar-refractivity contribution in [2.24, 2.45) is 0 Å². The zero-order valence-electron chi connectivity index (χ0n) is 19.2. The minimum absolute atomic E-state index is 0.284. The van der Waals surface area contributed by atoms with E-state index in [0.29, 0.717) is 24.2 Å². The third-order valence-corrected chi connectivity index (χ3v) is 8.24. The van der Waals surface area contributed by atoms with Gasteiger partial charge < -0.3 is 10.6 Å². The fraction of sp³-hybridized carbons (Fsp3) is 0.458. The van der Waals surface area contributed by atoms with E-state index < -0.39 is 10.0 Å². The van der Waals surface area contributed by atoms with Gasteiger partial charge in [0.15, 0.2) is 5.11 Å². The van der Waals surface area contributed by atoms with Crippen molar-refractivity contribution in [2.75, 3.05) is 31.5 Å². The van der Waals surface area contributed by atoms with Crippen molar-refractivity contribution in [1.29, 1.82) is 0 Å².